The highest BCUT2D eigenvalue weighted by molar-refractivity contribution is 5.85. The molecule has 22 heavy (non-hydrogen) atoms. The fourth-order valence-corrected chi connectivity index (χ4v) is 4.52. The zero-order valence-corrected chi connectivity index (χ0v) is 14.0. The van der Waals surface area contributed by atoms with Gasteiger partial charge in [-0.15, -0.1) is 12.4 Å². The Morgan fingerprint density at radius 1 is 1.36 bits per heavy atom. The molecule has 1 heterocycles. The fraction of sp³-hybridized carbons (Fsp3) is 0.611. The SMILES string of the molecule is CC1CNCCN1C(=O)C1CC12CCCc1ccccc12.Cl. The van der Waals surface area contributed by atoms with E-state index in [9.17, 15) is 4.79 Å². The molecule has 0 radical (unpaired) electrons. The Bertz CT molecular complexity index is 576. The van der Waals surface area contributed by atoms with Gasteiger partial charge in [0.15, 0.2) is 0 Å². The molecule has 1 aromatic rings. The maximum atomic E-state index is 13.0. The second kappa shape index (κ2) is 5.86. The number of fused-ring (bicyclic) bond motifs is 2. The summed E-state index contributed by atoms with van der Waals surface area (Å²) in [6.45, 7) is 4.90. The number of hydrogen-bond donors (Lipinski definition) is 1. The summed E-state index contributed by atoms with van der Waals surface area (Å²) < 4.78 is 0. The first kappa shape index (κ1) is 15.8. The third kappa shape index (κ3) is 2.35. The van der Waals surface area contributed by atoms with Crippen LogP contribution >= 0.6 is 12.4 Å². The molecule has 3 aliphatic rings. The zero-order valence-electron chi connectivity index (χ0n) is 13.2. The van der Waals surface area contributed by atoms with Crippen LogP contribution in [0.3, 0.4) is 0 Å². The molecule has 4 rings (SSSR count). The summed E-state index contributed by atoms with van der Waals surface area (Å²) in [5.74, 6) is 0.639. The van der Waals surface area contributed by atoms with E-state index in [1.165, 1.54) is 30.4 Å². The van der Waals surface area contributed by atoms with E-state index < -0.39 is 0 Å². The van der Waals surface area contributed by atoms with E-state index in [1.807, 2.05) is 0 Å². The van der Waals surface area contributed by atoms with Gasteiger partial charge in [0, 0.05) is 37.0 Å². The summed E-state index contributed by atoms with van der Waals surface area (Å²) in [6.07, 6.45) is 4.68. The average Bonchev–Trinajstić information content (AvgIpc) is 3.22. The van der Waals surface area contributed by atoms with Crippen LogP contribution in [0.5, 0.6) is 0 Å². The van der Waals surface area contributed by atoms with E-state index >= 15 is 0 Å². The lowest BCUT2D eigenvalue weighted by Gasteiger charge is -2.35. The molecule has 3 atom stereocenters. The number of amides is 1. The first-order chi connectivity index (χ1) is 10.2. The largest absolute Gasteiger partial charge is 0.337 e. The van der Waals surface area contributed by atoms with E-state index in [0.717, 1.165) is 26.1 Å². The molecular weight excluding hydrogens is 296 g/mol. The number of nitrogens with zero attached hydrogens (tertiary/aromatic N) is 1. The van der Waals surface area contributed by atoms with E-state index in [0.29, 0.717) is 11.9 Å². The number of hydrogen-bond acceptors (Lipinski definition) is 2. The Balaban J connectivity index is 0.00000144. The Kier molecular flexibility index (Phi) is 4.21. The number of benzene rings is 1. The summed E-state index contributed by atoms with van der Waals surface area (Å²) in [6, 6.07) is 9.13. The number of aryl methyl sites for hydroxylation is 1. The van der Waals surface area contributed by atoms with Gasteiger partial charge in [0.1, 0.15) is 0 Å². The molecule has 1 aliphatic heterocycles. The zero-order chi connectivity index (χ0) is 14.4. The maximum Gasteiger partial charge on any atom is 0.226 e. The monoisotopic (exact) mass is 320 g/mol. The third-order valence-corrected chi connectivity index (χ3v) is 5.78. The predicted octanol–water partition coefficient (Wildman–Crippen LogP) is 2.52. The van der Waals surface area contributed by atoms with E-state index in [1.54, 1.807) is 0 Å². The van der Waals surface area contributed by atoms with Crippen LogP contribution in [0.4, 0.5) is 0 Å². The van der Waals surface area contributed by atoms with Crippen LogP contribution in [0, 0.1) is 5.92 Å². The molecule has 2 fully saturated rings. The Morgan fingerprint density at radius 3 is 3.00 bits per heavy atom. The van der Waals surface area contributed by atoms with Gasteiger partial charge >= 0.3 is 0 Å². The molecule has 3 nitrogen and oxygen atoms in total. The van der Waals surface area contributed by atoms with Gasteiger partial charge in [-0.2, -0.15) is 0 Å². The van der Waals surface area contributed by atoms with Crippen LogP contribution in [0.15, 0.2) is 24.3 Å². The van der Waals surface area contributed by atoms with Crippen molar-refractivity contribution in [3.05, 3.63) is 35.4 Å². The quantitative estimate of drug-likeness (QED) is 0.862. The maximum absolute atomic E-state index is 13.0. The summed E-state index contributed by atoms with van der Waals surface area (Å²) in [7, 11) is 0. The lowest BCUT2D eigenvalue weighted by molar-refractivity contribution is -0.135. The molecule has 4 heteroatoms. The number of rotatable bonds is 1. The molecule has 120 valence electrons. The minimum Gasteiger partial charge on any atom is -0.337 e. The van der Waals surface area contributed by atoms with Gasteiger partial charge in [-0.1, -0.05) is 24.3 Å². The molecule has 1 amide bonds. The molecule has 1 N–H and O–H groups in total. The van der Waals surface area contributed by atoms with Gasteiger partial charge in [-0.25, -0.2) is 0 Å². The predicted molar refractivity (Wildman–Crippen MR) is 90.5 cm³/mol. The molecule has 0 aromatic heterocycles. The summed E-state index contributed by atoms with van der Waals surface area (Å²) in [4.78, 5) is 15.1. The van der Waals surface area contributed by atoms with Gasteiger partial charge in [0.25, 0.3) is 0 Å². The minimum atomic E-state index is 0. The minimum absolute atomic E-state index is 0. The first-order valence-corrected chi connectivity index (χ1v) is 8.32. The van der Waals surface area contributed by atoms with Crippen molar-refractivity contribution in [2.24, 2.45) is 5.92 Å². The van der Waals surface area contributed by atoms with Crippen LogP contribution in [-0.4, -0.2) is 36.5 Å². The normalized spacial score (nSPS) is 33.0. The van der Waals surface area contributed by atoms with E-state index in [-0.39, 0.29) is 23.7 Å². The van der Waals surface area contributed by atoms with E-state index in [4.69, 9.17) is 0 Å². The lowest BCUT2D eigenvalue weighted by Crippen LogP contribution is -2.53. The van der Waals surface area contributed by atoms with Crippen molar-refractivity contribution in [1.82, 2.24) is 10.2 Å². The number of nitrogens with one attached hydrogen (secondary N) is 1. The Labute approximate surface area is 138 Å². The molecule has 2 aliphatic carbocycles. The van der Waals surface area contributed by atoms with Crippen LogP contribution in [0.25, 0.3) is 0 Å². The standard InChI is InChI=1S/C18H24N2O.ClH/c1-13-12-19-9-10-20(13)17(21)16-11-18(16)8-4-6-14-5-2-3-7-15(14)18;/h2-3,5,7,13,16,19H,4,6,8-12H2,1H3;1H. The molecule has 1 aromatic carbocycles. The number of carbonyl (C=O) groups is 1. The van der Waals surface area contributed by atoms with Crippen molar-refractivity contribution < 1.29 is 4.79 Å². The molecule has 3 unspecified atom stereocenters. The third-order valence-electron chi connectivity index (χ3n) is 5.78. The Morgan fingerprint density at radius 2 is 2.18 bits per heavy atom. The molecule has 0 bridgehead atoms. The van der Waals surface area contributed by atoms with Gasteiger partial charge in [-0.05, 0) is 43.7 Å². The average molecular weight is 321 g/mol. The highest BCUT2D eigenvalue weighted by Gasteiger charge is 2.61. The molecule has 1 saturated heterocycles. The second-order valence-corrected chi connectivity index (χ2v) is 7.01. The fourth-order valence-electron chi connectivity index (χ4n) is 4.52. The van der Waals surface area contributed by atoms with Crippen LogP contribution in [0.2, 0.25) is 0 Å². The van der Waals surface area contributed by atoms with Crippen LogP contribution in [-0.2, 0) is 16.6 Å². The first-order valence-electron chi connectivity index (χ1n) is 8.32. The summed E-state index contributed by atoms with van der Waals surface area (Å²) >= 11 is 0. The van der Waals surface area contributed by atoms with Crippen LogP contribution < -0.4 is 5.32 Å². The van der Waals surface area contributed by atoms with Gasteiger partial charge < -0.3 is 10.2 Å². The van der Waals surface area contributed by atoms with Crippen molar-refractivity contribution >= 4 is 18.3 Å². The molecule has 1 spiro atoms. The van der Waals surface area contributed by atoms with Crippen molar-refractivity contribution in [3.63, 3.8) is 0 Å². The highest BCUT2D eigenvalue weighted by Crippen LogP contribution is 2.60. The molecule has 1 saturated carbocycles. The van der Waals surface area contributed by atoms with Gasteiger partial charge in [-0.3, -0.25) is 4.79 Å². The van der Waals surface area contributed by atoms with Crippen molar-refractivity contribution in [1.29, 1.82) is 0 Å². The summed E-state index contributed by atoms with van der Waals surface area (Å²) in [5, 5.41) is 3.37. The second-order valence-electron chi connectivity index (χ2n) is 7.01. The number of carbonyl (C=O) groups excluding carboxylic acids is 1. The van der Waals surface area contributed by atoms with Gasteiger partial charge in [0.05, 0.1) is 0 Å². The van der Waals surface area contributed by atoms with Crippen molar-refractivity contribution in [3.8, 4) is 0 Å². The van der Waals surface area contributed by atoms with Crippen molar-refractivity contribution in [2.75, 3.05) is 19.6 Å². The number of piperazine rings is 1. The highest BCUT2D eigenvalue weighted by atomic mass is 35.5. The van der Waals surface area contributed by atoms with E-state index in [2.05, 4.69) is 41.4 Å². The van der Waals surface area contributed by atoms with Crippen LogP contribution in [0.1, 0.15) is 37.3 Å². The lowest BCUT2D eigenvalue weighted by atomic mass is 9.78. The topological polar surface area (TPSA) is 32.3 Å². The summed E-state index contributed by atoms with van der Waals surface area (Å²) in [5.41, 5.74) is 3.13. The van der Waals surface area contributed by atoms with Gasteiger partial charge in [0.2, 0.25) is 5.91 Å². The smallest absolute Gasteiger partial charge is 0.226 e. The Hall–Kier alpha value is -1.06. The molecular formula is C18H25ClN2O. The number of halogens is 1. The van der Waals surface area contributed by atoms with Crippen molar-refractivity contribution in [2.45, 2.75) is 44.1 Å².